The Kier molecular flexibility index (Phi) is 6.98. The largest absolute Gasteiger partial charge is 0.354 e. The Labute approximate surface area is 197 Å². The number of fused-ring (bicyclic) bond motifs is 1. The molecule has 1 aliphatic heterocycles. The van der Waals surface area contributed by atoms with Crippen molar-refractivity contribution in [3.8, 4) is 0 Å². The van der Waals surface area contributed by atoms with Gasteiger partial charge in [-0.05, 0) is 54.8 Å². The fraction of sp³-hybridized carbons (Fsp3) is 0.154. The number of hydrogen-bond acceptors (Lipinski definition) is 3. The minimum atomic E-state index is -0.183. The van der Waals surface area contributed by atoms with Crippen molar-refractivity contribution in [2.75, 3.05) is 18.0 Å². The van der Waals surface area contributed by atoms with Crippen LogP contribution in [0.1, 0.15) is 16.7 Å². The molecule has 0 saturated heterocycles. The van der Waals surface area contributed by atoms with Gasteiger partial charge in [0.2, 0.25) is 5.91 Å². The van der Waals surface area contributed by atoms with Gasteiger partial charge < -0.3 is 5.32 Å². The predicted octanol–water partition coefficient (Wildman–Crippen LogP) is 5.49. The molecule has 1 N–H and O–H groups in total. The lowest BCUT2D eigenvalue weighted by molar-refractivity contribution is -0.122. The van der Waals surface area contributed by atoms with E-state index >= 15 is 0 Å². The van der Waals surface area contributed by atoms with Gasteiger partial charge in [0.05, 0.1) is 10.6 Å². The highest BCUT2D eigenvalue weighted by Crippen LogP contribution is 2.41. The highest BCUT2D eigenvalue weighted by atomic mass is 35.5. The van der Waals surface area contributed by atoms with Gasteiger partial charge in [0.15, 0.2) is 0 Å². The summed E-state index contributed by atoms with van der Waals surface area (Å²) in [5.74, 6) is -0.365. The van der Waals surface area contributed by atoms with Crippen molar-refractivity contribution in [2.45, 2.75) is 18.2 Å². The first-order valence-corrected chi connectivity index (χ1v) is 11.6. The molecule has 0 aliphatic carbocycles. The van der Waals surface area contributed by atoms with Gasteiger partial charge in [-0.2, -0.15) is 0 Å². The van der Waals surface area contributed by atoms with Gasteiger partial charge in [-0.3, -0.25) is 14.5 Å². The van der Waals surface area contributed by atoms with Crippen LogP contribution in [0, 0.1) is 6.92 Å². The first kappa shape index (κ1) is 22.2. The van der Waals surface area contributed by atoms with Gasteiger partial charge in [-0.15, -0.1) is 0 Å². The fourth-order valence-corrected chi connectivity index (χ4v) is 4.73. The number of aryl methyl sites for hydroxylation is 1. The topological polar surface area (TPSA) is 49.4 Å². The van der Waals surface area contributed by atoms with E-state index in [1.54, 1.807) is 17.0 Å². The molecule has 4 nitrogen and oxygen atoms in total. The number of thioether (sulfide) groups is 1. The highest BCUT2D eigenvalue weighted by Gasteiger charge is 2.30. The van der Waals surface area contributed by atoms with E-state index in [4.69, 9.17) is 11.6 Å². The Bertz CT molecular complexity index is 1170. The van der Waals surface area contributed by atoms with E-state index in [2.05, 4.69) is 30.4 Å². The summed E-state index contributed by atoms with van der Waals surface area (Å²) in [6.07, 6.45) is 2.58. The summed E-state index contributed by atoms with van der Waals surface area (Å²) >= 11 is 7.39. The Morgan fingerprint density at radius 3 is 2.62 bits per heavy atom. The third kappa shape index (κ3) is 5.42. The summed E-state index contributed by atoms with van der Waals surface area (Å²) in [4.78, 5) is 29.0. The first-order valence-electron chi connectivity index (χ1n) is 10.4. The van der Waals surface area contributed by atoms with Crippen LogP contribution in [0.25, 0.3) is 6.08 Å². The van der Waals surface area contributed by atoms with Crippen LogP contribution in [0.5, 0.6) is 0 Å². The normalized spacial score (nSPS) is 14.4. The lowest BCUT2D eigenvalue weighted by Crippen LogP contribution is -2.43. The quantitative estimate of drug-likeness (QED) is 0.493. The zero-order chi connectivity index (χ0) is 22.5. The van der Waals surface area contributed by atoms with Gasteiger partial charge in [0.25, 0.3) is 5.91 Å². The Hall–Kier alpha value is -3.02. The first-order chi connectivity index (χ1) is 15.5. The van der Waals surface area contributed by atoms with Crippen LogP contribution in [0.3, 0.4) is 0 Å². The number of halogens is 1. The molecular weight excluding hydrogens is 440 g/mol. The van der Waals surface area contributed by atoms with Crippen molar-refractivity contribution < 1.29 is 9.59 Å². The molecule has 3 aromatic carbocycles. The molecule has 3 aromatic rings. The third-order valence-electron chi connectivity index (χ3n) is 5.12. The van der Waals surface area contributed by atoms with Crippen LogP contribution in [0.2, 0.25) is 5.02 Å². The number of nitrogens with zero attached hydrogens (tertiary/aromatic N) is 1. The average molecular weight is 463 g/mol. The number of nitrogens with one attached hydrogen (secondary N) is 1. The zero-order valence-corrected chi connectivity index (χ0v) is 19.2. The summed E-state index contributed by atoms with van der Waals surface area (Å²) in [6.45, 7) is 2.55. The molecule has 0 radical (unpaired) electrons. The molecule has 0 fully saturated rings. The highest BCUT2D eigenvalue weighted by molar-refractivity contribution is 8.04. The summed E-state index contributed by atoms with van der Waals surface area (Å²) in [6, 6.07) is 23.2. The van der Waals surface area contributed by atoms with Crippen molar-refractivity contribution >= 4 is 46.9 Å². The molecule has 0 spiro atoms. The van der Waals surface area contributed by atoms with Crippen LogP contribution >= 0.6 is 23.4 Å². The number of anilines is 1. The second-order valence-corrected chi connectivity index (χ2v) is 9.13. The van der Waals surface area contributed by atoms with Gasteiger partial charge in [-0.1, -0.05) is 77.5 Å². The van der Waals surface area contributed by atoms with E-state index in [0.717, 1.165) is 22.6 Å². The molecule has 0 saturated carbocycles. The van der Waals surface area contributed by atoms with E-state index in [1.807, 2.05) is 48.5 Å². The molecule has 2 amide bonds. The standard InChI is InChI=1S/C26H23ClN2O2S/c1-18-5-4-6-19(15-18)13-14-28-25(30)17-29-22-7-2-3-8-23(22)32-24(26(29)31)16-20-9-11-21(27)12-10-20/h2-12,15-16H,13-14,17H2,1H3,(H,28,30)/b24-16-. The van der Waals surface area contributed by atoms with Gasteiger partial charge in [0.1, 0.15) is 6.54 Å². The van der Waals surface area contributed by atoms with Gasteiger partial charge in [0, 0.05) is 16.5 Å². The molecule has 4 rings (SSSR count). The average Bonchev–Trinajstić information content (AvgIpc) is 2.78. The van der Waals surface area contributed by atoms with Crippen LogP contribution in [0.4, 0.5) is 5.69 Å². The predicted molar refractivity (Wildman–Crippen MR) is 132 cm³/mol. The maximum absolute atomic E-state index is 13.3. The van der Waals surface area contributed by atoms with E-state index in [-0.39, 0.29) is 18.4 Å². The van der Waals surface area contributed by atoms with Gasteiger partial charge >= 0.3 is 0 Å². The van der Waals surface area contributed by atoms with Crippen LogP contribution in [-0.4, -0.2) is 24.9 Å². The number of hydrogen-bond donors (Lipinski definition) is 1. The van der Waals surface area contributed by atoms with Crippen LogP contribution in [-0.2, 0) is 16.0 Å². The molecule has 0 aromatic heterocycles. The molecule has 1 aliphatic rings. The summed E-state index contributed by atoms with van der Waals surface area (Å²) in [7, 11) is 0. The number of amides is 2. The van der Waals surface area contributed by atoms with Crippen molar-refractivity contribution in [3.05, 3.63) is 99.4 Å². The van der Waals surface area contributed by atoms with Crippen molar-refractivity contribution in [1.29, 1.82) is 0 Å². The van der Waals surface area contributed by atoms with Crippen molar-refractivity contribution in [1.82, 2.24) is 5.32 Å². The monoisotopic (exact) mass is 462 g/mol. The van der Waals surface area contributed by atoms with Crippen LogP contribution < -0.4 is 10.2 Å². The Morgan fingerprint density at radius 2 is 1.84 bits per heavy atom. The molecule has 0 atom stereocenters. The second-order valence-electron chi connectivity index (χ2n) is 7.61. The Balaban J connectivity index is 1.48. The molecule has 1 heterocycles. The minimum Gasteiger partial charge on any atom is -0.354 e. The van der Waals surface area contributed by atoms with Crippen molar-refractivity contribution in [2.24, 2.45) is 0 Å². The molecule has 162 valence electrons. The maximum Gasteiger partial charge on any atom is 0.265 e. The molecule has 0 unspecified atom stereocenters. The number of benzene rings is 3. The number of carbonyl (C=O) groups excluding carboxylic acids is 2. The van der Waals surface area contributed by atoms with Crippen LogP contribution in [0.15, 0.2) is 82.6 Å². The number of para-hydroxylation sites is 1. The minimum absolute atomic E-state index is 0.0256. The van der Waals surface area contributed by atoms with E-state index in [9.17, 15) is 9.59 Å². The summed E-state index contributed by atoms with van der Waals surface area (Å²) in [5.41, 5.74) is 4.01. The van der Waals surface area contributed by atoms with E-state index in [0.29, 0.717) is 16.5 Å². The smallest absolute Gasteiger partial charge is 0.265 e. The summed E-state index contributed by atoms with van der Waals surface area (Å²) in [5, 5.41) is 3.59. The van der Waals surface area contributed by atoms with Gasteiger partial charge in [-0.25, -0.2) is 0 Å². The van der Waals surface area contributed by atoms with E-state index in [1.165, 1.54) is 22.9 Å². The molecule has 32 heavy (non-hydrogen) atoms. The number of rotatable bonds is 6. The lowest BCUT2D eigenvalue weighted by atomic mass is 10.1. The molecule has 6 heteroatoms. The lowest BCUT2D eigenvalue weighted by Gasteiger charge is -2.29. The fourth-order valence-electron chi connectivity index (χ4n) is 3.54. The molecular formula is C26H23ClN2O2S. The SMILES string of the molecule is Cc1cccc(CCNC(=O)CN2C(=O)/C(=C/c3ccc(Cl)cc3)Sc3ccccc32)c1. The van der Waals surface area contributed by atoms with Crippen molar-refractivity contribution in [3.63, 3.8) is 0 Å². The maximum atomic E-state index is 13.3. The second kappa shape index (κ2) is 10.1. The third-order valence-corrected chi connectivity index (χ3v) is 6.45. The zero-order valence-electron chi connectivity index (χ0n) is 17.7. The summed E-state index contributed by atoms with van der Waals surface area (Å²) < 4.78 is 0. The Morgan fingerprint density at radius 1 is 1.06 bits per heavy atom. The number of carbonyl (C=O) groups is 2. The molecule has 0 bridgehead atoms. The van der Waals surface area contributed by atoms with E-state index < -0.39 is 0 Å².